The highest BCUT2D eigenvalue weighted by Gasteiger charge is 2.68. The van der Waals surface area contributed by atoms with Gasteiger partial charge in [-0.1, -0.05) is 48.5 Å². The fourth-order valence-corrected chi connectivity index (χ4v) is 4.94. The van der Waals surface area contributed by atoms with Crippen LogP contribution in [0.3, 0.4) is 0 Å². The molecule has 0 amide bonds. The topological polar surface area (TPSA) is 48.4 Å². The molecule has 1 aromatic heterocycles. The minimum Gasteiger partial charge on any atom is -0.497 e. The summed E-state index contributed by atoms with van der Waals surface area (Å²) in [6.07, 6.45) is 2.51. The van der Waals surface area contributed by atoms with E-state index in [4.69, 9.17) is 9.47 Å². The number of aromatic nitrogens is 1. The van der Waals surface area contributed by atoms with Gasteiger partial charge in [0.25, 0.3) is 0 Å². The van der Waals surface area contributed by atoms with Crippen LogP contribution in [0.15, 0.2) is 79.0 Å². The zero-order chi connectivity index (χ0) is 19.1. The highest BCUT2D eigenvalue weighted by atomic mass is 16.6. The first-order valence-corrected chi connectivity index (χ1v) is 9.56. The molecule has 1 aliphatic heterocycles. The minimum absolute atomic E-state index is 0.0385. The Labute approximate surface area is 164 Å². The monoisotopic (exact) mass is 371 g/mol. The van der Waals surface area contributed by atoms with Crippen molar-refractivity contribution in [2.75, 3.05) is 7.11 Å². The molecular weight excluding hydrogens is 350 g/mol. The summed E-state index contributed by atoms with van der Waals surface area (Å²) >= 11 is 0. The number of carbonyl (C=O) groups excluding carboxylic acids is 1. The lowest BCUT2D eigenvalue weighted by Gasteiger charge is -2.44. The number of pyridine rings is 1. The van der Waals surface area contributed by atoms with Crippen LogP contribution in [0.1, 0.15) is 35.1 Å². The van der Waals surface area contributed by atoms with Crippen molar-refractivity contribution in [3.8, 4) is 5.75 Å². The maximum atomic E-state index is 12.7. The molecule has 0 spiro atoms. The van der Waals surface area contributed by atoms with Gasteiger partial charge in [-0.05, 0) is 41.3 Å². The van der Waals surface area contributed by atoms with E-state index in [0.717, 1.165) is 23.4 Å². The predicted molar refractivity (Wildman–Crippen MR) is 105 cm³/mol. The molecule has 5 rings (SSSR count). The zero-order valence-electron chi connectivity index (χ0n) is 15.6. The fourth-order valence-electron chi connectivity index (χ4n) is 4.94. The van der Waals surface area contributed by atoms with Crippen LogP contribution in [0.4, 0.5) is 0 Å². The number of ether oxygens (including phenoxy) is 2. The number of hydrogen-bond acceptors (Lipinski definition) is 4. The Bertz CT molecular complexity index is 987. The molecule has 2 fully saturated rings. The Morgan fingerprint density at radius 3 is 2.36 bits per heavy atom. The van der Waals surface area contributed by atoms with Crippen molar-refractivity contribution in [1.82, 2.24) is 4.98 Å². The summed E-state index contributed by atoms with van der Waals surface area (Å²) in [5.41, 5.74) is 2.55. The maximum absolute atomic E-state index is 12.7. The Hall–Kier alpha value is -3.14. The van der Waals surface area contributed by atoms with Crippen molar-refractivity contribution in [2.45, 2.75) is 23.9 Å². The number of hydrogen-bond donors (Lipinski definition) is 0. The van der Waals surface area contributed by atoms with Gasteiger partial charge in [-0.2, -0.15) is 0 Å². The van der Waals surface area contributed by atoms with Crippen LogP contribution < -0.4 is 4.74 Å². The van der Waals surface area contributed by atoms with E-state index in [1.54, 1.807) is 13.3 Å². The second-order valence-electron chi connectivity index (χ2n) is 7.52. The molecule has 140 valence electrons. The number of rotatable bonds is 4. The third kappa shape index (κ3) is 2.44. The number of esters is 1. The lowest BCUT2D eigenvalue weighted by Crippen LogP contribution is -2.53. The molecule has 0 radical (unpaired) electrons. The molecule has 1 saturated carbocycles. The molecule has 28 heavy (non-hydrogen) atoms. The van der Waals surface area contributed by atoms with Crippen LogP contribution in [0.25, 0.3) is 0 Å². The Morgan fingerprint density at radius 2 is 1.71 bits per heavy atom. The standard InChI is InChI=1S/C24H21NO3/c1-27-18-12-10-17(11-13-18)21-19(16-7-3-2-4-8-16)15-24(22(21)23(26)28-24)20-9-5-6-14-25-20/h2-14,19,21-22H,15H2,1H3/t19-,21-,22+,24-/m1/s1. The second-order valence-corrected chi connectivity index (χ2v) is 7.52. The van der Waals surface area contributed by atoms with Crippen LogP contribution in [0, 0.1) is 5.92 Å². The van der Waals surface area contributed by atoms with Crippen molar-refractivity contribution in [1.29, 1.82) is 0 Å². The van der Waals surface area contributed by atoms with Crippen molar-refractivity contribution < 1.29 is 14.3 Å². The number of carbonyl (C=O) groups is 1. The molecule has 0 N–H and O–H groups in total. The van der Waals surface area contributed by atoms with Crippen LogP contribution in [-0.2, 0) is 15.1 Å². The van der Waals surface area contributed by atoms with Gasteiger partial charge in [0.1, 0.15) is 11.7 Å². The normalized spacial score (nSPS) is 28.2. The SMILES string of the molecule is COc1ccc([C@@H]2[C@@H](c3ccccc3)C[C@]3(c4ccccn4)OC(=O)[C@H]23)cc1. The highest BCUT2D eigenvalue weighted by Crippen LogP contribution is 2.65. The molecule has 1 aliphatic carbocycles. The van der Waals surface area contributed by atoms with Gasteiger partial charge in [0, 0.05) is 18.5 Å². The molecule has 2 aliphatic rings. The van der Waals surface area contributed by atoms with Gasteiger partial charge in [0.2, 0.25) is 0 Å². The molecule has 2 aromatic carbocycles. The summed E-state index contributed by atoms with van der Waals surface area (Å²) in [7, 11) is 1.66. The van der Waals surface area contributed by atoms with Crippen LogP contribution >= 0.6 is 0 Å². The van der Waals surface area contributed by atoms with Gasteiger partial charge >= 0.3 is 5.97 Å². The van der Waals surface area contributed by atoms with E-state index < -0.39 is 5.60 Å². The third-order valence-electron chi connectivity index (χ3n) is 6.18. The van der Waals surface area contributed by atoms with Crippen LogP contribution in [0.2, 0.25) is 0 Å². The third-order valence-corrected chi connectivity index (χ3v) is 6.18. The van der Waals surface area contributed by atoms with Gasteiger partial charge in [0.05, 0.1) is 12.8 Å². The molecule has 4 heteroatoms. The average Bonchev–Trinajstić information content (AvgIpc) is 3.04. The van der Waals surface area contributed by atoms with Crippen molar-refractivity contribution >= 4 is 5.97 Å². The Kier molecular flexibility index (Phi) is 3.93. The summed E-state index contributed by atoms with van der Waals surface area (Å²) in [5.74, 6) is 0.653. The van der Waals surface area contributed by atoms with Crippen molar-refractivity contribution in [3.63, 3.8) is 0 Å². The van der Waals surface area contributed by atoms with E-state index in [0.29, 0.717) is 0 Å². The molecule has 1 saturated heterocycles. The summed E-state index contributed by atoms with van der Waals surface area (Å²) in [6, 6.07) is 24.3. The Morgan fingerprint density at radius 1 is 0.964 bits per heavy atom. The van der Waals surface area contributed by atoms with Crippen LogP contribution in [0.5, 0.6) is 5.75 Å². The van der Waals surface area contributed by atoms with E-state index >= 15 is 0 Å². The van der Waals surface area contributed by atoms with Gasteiger partial charge < -0.3 is 9.47 Å². The maximum Gasteiger partial charge on any atom is 0.315 e. The number of fused-ring (bicyclic) bond motifs is 1. The van der Waals surface area contributed by atoms with Gasteiger partial charge in [0.15, 0.2) is 5.60 Å². The van der Waals surface area contributed by atoms with E-state index in [9.17, 15) is 4.79 Å². The van der Waals surface area contributed by atoms with Crippen molar-refractivity contribution in [3.05, 3.63) is 95.8 Å². The molecule has 4 nitrogen and oxygen atoms in total. The van der Waals surface area contributed by atoms with Crippen LogP contribution in [-0.4, -0.2) is 18.1 Å². The number of methoxy groups -OCH3 is 1. The molecule has 4 atom stereocenters. The zero-order valence-corrected chi connectivity index (χ0v) is 15.6. The average molecular weight is 371 g/mol. The smallest absolute Gasteiger partial charge is 0.315 e. The summed E-state index contributed by atoms with van der Waals surface area (Å²) in [4.78, 5) is 17.3. The number of benzene rings is 2. The van der Waals surface area contributed by atoms with E-state index in [1.165, 1.54) is 5.56 Å². The minimum atomic E-state index is -0.649. The van der Waals surface area contributed by atoms with Gasteiger partial charge in [-0.3, -0.25) is 9.78 Å². The van der Waals surface area contributed by atoms with E-state index in [2.05, 4.69) is 41.4 Å². The first kappa shape index (κ1) is 17.0. The van der Waals surface area contributed by atoms with Gasteiger partial charge in [-0.15, -0.1) is 0 Å². The van der Waals surface area contributed by atoms with Gasteiger partial charge in [-0.25, -0.2) is 0 Å². The lowest BCUT2D eigenvalue weighted by atomic mass is 9.74. The number of nitrogens with zero attached hydrogens (tertiary/aromatic N) is 1. The molecular formula is C24H21NO3. The largest absolute Gasteiger partial charge is 0.497 e. The molecule has 0 bridgehead atoms. The Balaban J connectivity index is 1.64. The van der Waals surface area contributed by atoms with E-state index in [-0.39, 0.29) is 23.7 Å². The summed E-state index contributed by atoms with van der Waals surface area (Å²) < 4.78 is 11.2. The second kappa shape index (κ2) is 6.48. The summed E-state index contributed by atoms with van der Waals surface area (Å²) in [5, 5.41) is 0. The first-order chi connectivity index (χ1) is 13.7. The summed E-state index contributed by atoms with van der Waals surface area (Å²) in [6.45, 7) is 0. The fraction of sp³-hybridized carbons (Fsp3) is 0.250. The molecule has 3 aromatic rings. The predicted octanol–water partition coefficient (Wildman–Crippen LogP) is 4.43. The lowest BCUT2D eigenvalue weighted by molar-refractivity contribution is -0.212. The quantitative estimate of drug-likeness (QED) is 0.637. The van der Waals surface area contributed by atoms with Crippen molar-refractivity contribution in [2.24, 2.45) is 5.92 Å². The first-order valence-electron chi connectivity index (χ1n) is 9.56. The molecule has 0 unspecified atom stereocenters. The molecule has 2 heterocycles. The highest BCUT2D eigenvalue weighted by molar-refractivity contribution is 5.83. The van der Waals surface area contributed by atoms with E-state index in [1.807, 2.05) is 36.4 Å².